The van der Waals surface area contributed by atoms with Gasteiger partial charge in [-0.05, 0) is 12.5 Å². The van der Waals surface area contributed by atoms with E-state index < -0.39 is 17.2 Å². The fraction of sp³-hybridized carbons (Fsp3) is 0.500. The van der Waals surface area contributed by atoms with Gasteiger partial charge < -0.3 is 9.84 Å². The van der Waals surface area contributed by atoms with Gasteiger partial charge in [0.15, 0.2) is 0 Å². The summed E-state index contributed by atoms with van der Waals surface area (Å²) in [5.41, 5.74) is -1.45. The third-order valence-corrected chi connectivity index (χ3v) is 5.20. The summed E-state index contributed by atoms with van der Waals surface area (Å²) in [5, 5.41) is 15.1. The lowest BCUT2D eigenvalue weighted by Crippen LogP contribution is -2.35. The molecule has 1 aliphatic heterocycles. The Hall–Kier alpha value is -1.55. The zero-order valence-corrected chi connectivity index (χ0v) is 14.5. The van der Waals surface area contributed by atoms with Crippen LogP contribution in [0.15, 0.2) is 30.9 Å². The second-order valence-electron chi connectivity index (χ2n) is 5.87. The number of hydrogen-bond donors (Lipinski definition) is 1. The minimum absolute atomic E-state index is 0.0409. The van der Waals surface area contributed by atoms with E-state index in [-0.39, 0.29) is 18.5 Å². The number of morpholine rings is 1. The van der Waals surface area contributed by atoms with Crippen LogP contribution in [0.4, 0.5) is 8.78 Å². The van der Waals surface area contributed by atoms with Crippen LogP contribution in [0.3, 0.4) is 0 Å². The van der Waals surface area contributed by atoms with Crippen molar-refractivity contribution >= 4 is 11.9 Å². The second-order valence-corrected chi connectivity index (χ2v) is 7.06. The highest BCUT2D eigenvalue weighted by atomic mass is 32.2. The van der Waals surface area contributed by atoms with E-state index in [2.05, 4.69) is 14.4 Å². The average Bonchev–Trinajstić information content (AvgIpc) is 3.08. The summed E-state index contributed by atoms with van der Waals surface area (Å²) < 4.78 is 36.4. The van der Waals surface area contributed by atoms with Gasteiger partial charge in [-0.15, -0.1) is 0 Å². The number of nitrogens with zero attached hydrogens (tertiary/aromatic N) is 4. The normalized spacial score (nSPS) is 18.2. The molecule has 0 spiro atoms. The Balaban J connectivity index is 1.73. The molecule has 1 aromatic carbocycles. The summed E-state index contributed by atoms with van der Waals surface area (Å²) in [6.07, 6.45) is 3.10. The Morgan fingerprint density at radius 2 is 2.08 bits per heavy atom. The van der Waals surface area contributed by atoms with Gasteiger partial charge in [-0.3, -0.25) is 0 Å². The molecule has 0 saturated carbocycles. The van der Waals surface area contributed by atoms with Crippen LogP contribution >= 0.6 is 11.9 Å². The Bertz CT molecular complexity index is 683. The number of rotatable bonds is 7. The summed E-state index contributed by atoms with van der Waals surface area (Å²) >= 11 is 1.59. The van der Waals surface area contributed by atoms with Crippen molar-refractivity contribution in [2.45, 2.75) is 18.6 Å². The predicted octanol–water partition coefficient (Wildman–Crippen LogP) is 1.81. The maximum Gasteiger partial charge on any atom is 0.137 e. The largest absolute Gasteiger partial charge is 0.383 e. The van der Waals surface area contributed by atoms with E-state index in [1.165, 1.54) is 23.4 Å². The van der Waals surface area contributed by atoms with E-state index in [4.69, 9.17) is 4.74 Å². The van der Waals surface area contributed by atoms with Gasteiger partial charge in [-0.25, -0.2) is 22.8 Å². The smallest absolute Gasteiger partial charge is 0.137 e. The van der Waals surface area contributed by atoms with Gasteiger partial charge in [-0.1, -0.05) is 18.0 Å². The summed E-state index contributed by atoms with van der Waals surface area (Å²) in [5.74, 6) is -0.854. The molecule has 136 valence electrons. The predicted molar refractivity (Wildman–Crippen MR) is 89.7 cm³/mol. The van der Waals surface area contributed by atoms with E-state index in [1.54, 1.807) is 11.9 Å². The monoisotopic (exact) mass is 370 g/mol. The van der Waals surface area contributed by atoms with Gasteiger partial charge >= 0.3 is 0 Å². The molecule has 6 nitrogen and oxygen atoms in total. The lowest BCUT2D eigenvalue weighted by molar-refractivity contribution is 0.00846. The molecule has 2 aromatic rings. The van der Waals surface area contributed by atoms with E-state index >= 15 is 0 Å². The van der Waals surface area contributed by atoms with Crippen molar-refractivity contribution in [1.82, 2.24) is 19.1 Å². The quantitative estimate of drug-likeness (QED) is 0.750. The third kappa shape index (κ3) is 4.75. The number of halogens is 2. The van der Waals surface area contributed by atoms with Crippen molar-refractivity contribution in [2.75, 3.05) is 32.1 Å². The molecule has 1 aliphatic rings. The molecule has 1 fully saturated rings. The standard InChI is InChI=1S/C16H20F2N4O2S/c17-13-1-2-14(15(18)9-13)16(23,10-21-12-19-11-20-21)3-8-25-22-4-6-24-7-5-22/h1-2,9,11-12,23H,3-8,10H2/t16-/m0/s1. The van der Waals surface area contributed by atoms with Crippen LogP contribution in [0.2, 0.25) is 0 Å². The van der Waals surface area contributed by atoms with Crippen LogP contribution < -0.4 is 0 Å². The number of hydrogen-bond acceptors (Lipinski definition) is 6. The lowest BCUT2D eigenvalue weighted by Gasteiger charge is -2.31. The number of benzene rings is 1. The Morgan fingerprint density at radius 3 is 2.76 bits per heavy atom. The maximum atomic E-state index is 14.3. The molecule has 2 heterocycles. The van der Waals surface area contributed by atoms with Gasteiger partial charge in [-0.2, -0.15) is 5.10 Å². The molecular weight excluding hydrogens is 350 g/mol. The number of aromatic nitrogens is 3. The minimum Gasteiger partial charge on any atom is -0.383 e. The first-order chi connectivity index (χ1) is 12.1. The number of aliphatic hydroxyl groups is 1. The van der Waals surface area contributed by atoms with E-state index in [0.29, 0.717) is 19.0 Å². The molecule has 1 saturated heterocycles. The van der Waals surface area contributed by atoms with Crippen molar-refractivity contribution in [3.05, 3.63) is 48.1 Å². The molecule has 3 rings (SSSR count). The van der Waals surface area contributed by atoms with E-state index in [1.807, 2.05) is 0 Å². The molecule has 0 amide bonds. The van der Waals surface area contributed by atoms with Crippen molar-refractivity contribution in [3.63, 3.8) is 0 Å². The Morgan fingerprint density at radius 1 is 1.28 bits per heavy atom. The first kappa shape index (κ1) is 18.2. The SMILES string of the molecule is O[C@@](CCSN1CCOCC1)(Cn1cncn1)c1ccc(F)cc1F. The summed E-state index contributed by atoms with van der Waals surface area (Å²) in [4.78, 5) is 3.85. The van der Waals surface area contributed by atoms with Crippen molar-refractivity contribution in [2.24, 2.45) is 0 Å². The highest BCUT2D eigenvalue weighted by Gasteiger charge is 2.33. The zero-order valence-electron chi connectivity index (χ0n) is 13.6. The maximum absolute atomic E-state index is 14.3. The fourth-order valence-electron chi connectivity index (χ4n) is 2.77. The van der Waals surface area contributed by atoms with Crippen molar-refractivity contribution in [1.29, 1.82) is 0 Å². The Kier molecular flexibility index (Phi) is 6.00. The molecule has 1 aromatic heterocycles. The van der Waals surface area contributed by atoms with Crippen LogP contribution in [0.1, 0.15) is 12.0 Å². The van der Waals surface area contributed by atoms with Gasteiger partial charge in [0.25, 0.3) is 0 Å². The first-order valence-electron chi connectivity index (χ1n) is 8.03. The number of ether oxygens (including phenoxy) is 1. The molecule has 1 atom stereocenters. The molecule has 0 bridgehead atoms. The Labute approximate surface area is 148 Å². The molecule has 0 aliphatic carbocycles. The average molecular weight is 370 g/mol. The van der Waals surface area contributed by atoms with Gasteiger partial charge in [0.2, 0.25) is 0 Å². The van der Waals surface area contributed by atoms with Crippen LogP contribution in [-0.4, -0.2) is 56.2 Å². The first-order valence-corrected chi connectivity index (χ1v) is 8.97. The summed E-state index contributed by atoms with van der Waals surface area (Å²) in [6.45, 7) is 3.04. The molecular formula is C16H20F2N4O2S. The third-order valence-electron chi connectivity index (χ3n) is 4.08. The summed E-state index contributed by atoms with van der Waals surface area (Å²) in [7, 11) is 0. The zero-order chi connectivity index (χ0) is 17.7. The minimum atomic E-state index is -1.51. The highest BCUT2D eigenvalue weighted by molar-refractivity contribution is 7.97. The van der Waals surface area contributed by atoms with Crippen molar-refractivity contribution < 1.29 is 18.6 Å². The van der Waals surface area contributed by atoms with Gasteiger partial charge in [0.05, 0.1) is 19.8 Å². The van der Waals surface area contributed by atoms with E-state index in [9.17, 15) is 13.9 Å². The van der Waals surface area contributed by atoms with Gasteiger partial charge in [0, 0.05) is 30.5 Å². The second kappa shape index (κ2) is 8.22. The fourth-order valence-corrected chi connectivity index (χ4v) is 3.86. The molecule has 0 radical (unpaired) electrons. The van der Waals surface area contributed by atoms with Crippen molar-refractivity contribution in [3.8, 4) is 0 Å². The van der Waals surface area contributed by atoms with E-state index in [0.717, 1.165) is 25.2 Å². The topological polar surface area (TPSA) is 63.4 Å². The van der Waals surface area contributed by atoms with Crippen LogP contribution in [0, 0.1) is 11.6 Å². The highest BCUT2D eigenvalue weighted by Crippen LogP contribution is 2.31. The van der Waals surface area contributed by atoms with Crippen LogP contribution in [-0.2, 0) is 16.9 Å². The van der Waals surface area contributed by atoms with Crippen LogP contribution in [0.5, 0.6) is 0 Å². The molecule has 1 N–H and O–H groups in total. The molecule has 9 heteroatoms. The summed E-state index contributed by atoms with van der Waals surface area (Å²) in [6, 6.07) is 3.23. The van der Waals surface area contributed by atoms with Crippen LogP contribution in [0.25, 0.3) is 0 Å². The van der Waals surface area contributed by atoms with Gasteiger partial charge in [0.1, 0.15) is 29.9 Å². The lowest BCUT2D eigenvalue weighted by atomic mass is 9.90. The molecule has 0 unspecified atom stereocenters. The molecule has 25 heavy (non-hydrogen) atoms.